The van der Waals surface area contributed by atoms with Crippen molar-refractivity contribution in [1.82, 2.24) is 0 Å². The molecule has 2 nitrogen and oxygen atoms in total. The van der Waals surface area contributed by atoms with Crippen molar-refractivity contribution < 1.29 is 9.53 Å². The second-order valence-electron chi connectivity index (χ2n) is 3.70. The first-order chi connectivity index (χ1) is 7.81. The van der Waals surface area contributed by atoms with Crippen molar-refractivity contribution in [2.75, 3.05) is 5.75 Å². The standard InChI is InChI=1S/C8H19PS.C4H4O2/c1-2-3-4-5-6-7-8-10-9;5-4-2-1-3-6-4/h2-9H2,1H3;1,3H,2H2. The highest BCUT2D eigenvalue weighted by molar-refractivity contribution is 8.43. The lowest BCUT2D eigenvalue weighted by Gasteiger charge is -1.97. The molecule has 1 rings (SSSR count). The molecule has 0 saturated heterocycles. The van der Waals surface area contributed by atoms with Crippen LogP contribution in [0.5, 0.6) is 0 Å². The van der Waals surface area contributed by atoms with Crippen molar-refractivity contribution in [3.8, 4) is 0 Å². The number of hydrogen-bond donors (Lipinski definition) is 0. The summed E-state index contributed by atoms with van der Waals surface area (Å²) in [6, 6.07) is 0. The maximum Gasteiger partial charge on any atom is 0.314 e. The zero-order chi connectivity index (χ0) is 12.1. The van der Waals surface area contributed by atoms with Gasteiger partial charge in [-0.15, -0.1) is 11.4 Å². The van der Waals surface area contributed by atoms with Crippen LogP contribution in [0.15, 0.2) is 12.3 Å². The highest BCUT2D eigenvalue weighted by Crippen LogP contribution is 2.14. The predicted octanol–water partition coefficient (Wildman–Crippen LogP) is 4.32. The summed E-state index contributed by atoms with van der Waals surface area (Å²) in [7, 11) is 2.70. The Bertz CT molecular complexity index is 177. The zero-order valence-electron chi connectivity index (χ0n) is 10.1. The Labute approximate surface area is 106 Å². The minimum atomic E-state index is -0.157. The summed E-state index contributed by atoms with van der Waals surface area (Å²) in [4.78, 5) is 9.96. The molecule has 0 aromatic carbocycles. The average molecular weight is 262 g/mol. The maximum absolute atomic E-state index is 9.96. The van der Waals surface area contributed by atoms with Gasteiger partial charge in [-0.1, -0.05) is 47.5 Å². The number of unbranched alkanes of at least 4 members (excludes halogenated alkanes) is 5. The van der Waals surface area contributed by atoms with Gasteiger partial charge in [0.25, 0.3) is 0 Å². The van der Waals surface area contributed by atoms with E-state index in [1.165, 1.54) is 50.5 Å². The molecule has 16 heavy (non-hydrogen) atoms. The summed E-state index contributed by atoms with van der Waals surface area (Å²) >= 11 is 1.88. The number of cyclic esters (lactones) is 1. The van der Waals surface area contributed by atoms with Crippen LogP contribution in [0.4, 0.5) is 0 Å². The van der Waals surface area contributed by atoms with Gasteiger partial charge in [-0.2, -0.15) is 0 Å². The zero-order valence-corrected chi connectivity index (χ0v) is 12.1. The fourth-order valence-corrected chi connectivity index (χ4v) is 2.15. The number of carbonyl (C=O) groups excluding carboxylic acids is 1. The van der Waals surface area contributed by atoms with Gasteiger partial charge in [0.15, 0.2) is 0 Å². The third-order valence-corrected chi connectivity index (χ3v) is 3.43. The molecule has 0 amide bonds. The van der Waals surface area contributed by atoms with Crippen LogP contribution >= 0.6 is 19.8 Å². The van der Waals surface area contributed by atoms with E-state index in [1.807, 2.05) is 11.4 Å². The summed E-state index contributed by atoms with van der Waals surface area (Å²) in [5.74, 6) is 1.16. The molecule has 94 valence electrons. The third-order valence-electron chi connectivity index (χ3n) is 2.20. The minimum Gasteiger partial charge on any atom is -0.435 e. The van der Waals surface area contributed by atoms with Crippen LogP contribution in [0.25, 0.3) is 0 Å². The van der Waals surface area contributed by atoms with E-state index in [0.29, 0.717) is 6.42 Å². The van der Waals surface area contributed by atoms with Gasteiger partial charge in [0.2, 0.25) is 0 Å². The van der Waals surface area contributed by atoms with E-state index in [0.717, 1.165) is 0 Å². The number of esters is 1. The summed E-state index contributed by atoms with van der Waals surface area (Å²) in [5.41, 5.74) is 0. The Kier molecular flexibility index (Phi) is 13.0. The molecule has 1 unspecified atom stereocenters. The van der Waals surface area contributed by atoms with Crippen LogP contribution in [0, 0.1) is 0 Å². The van der Waals surface area contributed by atoms with Crippen molar-refractivity contribution in [1.29, 1.82) is 0 Å². The van der Waals surface area contributed by atoms with Crippen LogP contribution < -0.4 is 0 Å². The van der Waals surface area contributed by atoms with Crippen molar-refractivity contribution in [3.63, 3.8) is 0 Å². The average Bonchev–Trinajstić information content (AvgIpc) is 2.75. The highest BCUT2D eigenvalue weighted by Gasteiger charge is 2.00. The van der Waals surface area contributed by atoms with Gasteiger partial charge in [0.1, 0.15) is 0 Å². The van der Waals surface area contributed by atoms with Crippen molar-refractivity contribution in [3.05, 3.63) is 12.3 Å². The van der Waals surface area contributed by atoms with Crippen molar-refractivity contribution in [2.45, 2.75) is 51.9 Å². The van der Waals surface area contributed by atoms with Crippen LogP contribution in [0.2, 0.25) is 0 Å². The molecule has 0 N–H and O–H groups in total. The van der Waals surface area contributed by atoms with E-state index in [2.05, 4.69) is 20.1 Å². The normalized spacial score (nSPS) is 13.2. The topological polar surface area (TPSA) is 26.3 Å². The summed E-state index contributed by atoms with van der Waals surface area (Å²) < 4.78 is 4.33. The first-order valence-corrected chi connectivity index (χ1v) is 8.43. The van der Waals surface area contributed by atoms with Crippen LogP contribution in [0.3, 0.4) is 0 Å². The number of rotatable bonds is 7. The second-order valence-corrected chi connectivity index (χ2v) is 5.45. The van der Waals surface area contributed by atoms with E-state index in [9.17, 15) is 4.79 Å². The molecule has 1 atom stereocenters. The fourth-order valence-electron chi connectivity index (χ4n) is 1.28. The van der Waals surface area contributed by atoms with E-state index in [-0.39, 0.29) is 5.97 Å². The highest BCUT2D eigenvalue weighted by atomic mass is 32.7. The first kappa shape index (κ1) is 16.0. The molecule has 0 aliphatic carbocycles. The largest absolute Gasteiger partial charge is 0.435 e. The van der Waals surface area contributed by atoms with Crippen LogP contribution in [-0.4, -0.2) is 11.7 Å². The van der Waals surface area contributed by atoms with E-state index in [4.69, 9.17) is 0 Å². The SMILES string of the molecule is CCCCCCCCSP.O=C1CC=CO1. The van der Waals surface area contributed by atoms with Gasteiger partial charge < -0.3 is 4.74 Å². The smallest absolute Gasteiger partial charge is 0.314 e. The molecular formula is C12H23O2PS. The summed E-state index contributed by atoms with van der Waals surface area (Å²) in [5, 5.41) is 0. The maximum atomic E-state index is 9.96. The molecule has 0 fully saturated rings. The van der Waals surface area contributed by atoms with E-state index < -0.39 is 0 Å². The Morgan fingerprint density at radius 1 is 1.31 bits per heavy atom. The Balaban J connectivity index is 0.000000315. The number of ether oxygens (including phenoxy) is 1. The van der Waals surface area contributed by atoms with Crippen molar-refractivity contribution in [2.24, 2.45) is 0 Å². The molecule has 0 saturated carbocycles. The molecule has 1 aliphatic heterocycles. The molecule has 1 aliphatic rings. The lowest BCUT2D eigenvalue weighted by Crippen LogP contribution is -1.87. The van der Waals surface area contributed by atoms with Gasteiger partial charge in [-0.3, -0.25) is 4.79 Å². The summed E-state index contributed by atoms with van der Waals surface area (Å²) in [6.07, 6.45) is 12.0. The lowest BCUT2D eigenvalue weighted by molar-refractivity contribution is -0.135. The fraction of sp³-hybridized carbons (Fsp3) is 0.750. The number of hydrogen-bond acceptors (Lipinski definition) is 3. The molecule has 1 heterocycles. The quantitative estimate of drug-likeness (QED) is 0.388. The summed E-state index contributed by atoms with van der Waals surface area (Å²) in [6.45, 7) is 2.26. The van der Waals surface area contributed by atoms with Gasteiger partial charge in [0.05, 0.1) is 12.7 Å². The predicted molar refractivity (Wildman–Crippen MR) is 75.4 cm³/mol. The molecule has 0 bridgehead atoms. The Hall–Kier alpha value is -0.01000. The second kappa shape index (κ2) is 13.1. The van der Waals surface area contributed by atoms with Gasteiger partial charge in [-0.25, -0.2) is 0 Å². The molecule has 0 spiro atoms. The number of carbonyl (C=O) groups is 1. The molecule has 4 heteroatoms. The first-order valence-electron chi connectivity index (χ1n) is 5.97. The monoisotopic (exact) mass is 262 g/mol. The van der Waals surface area contributed by atoms with Gasteiger partial charge in [-0.05, 0) is 18.2 Å². The van der Waals surface area contributed by atoms with Gasteiger partial charge in [0, 0.05) is 0 Å². The lowest BCUT2D eigenvalue weighted by atomic mass is 10.1. The van der Waals surface area contributed by atoms with Crippen LogP contribution in [0.1, 0.15) is 51.9 Å². The Morgan fingerprint density at radius 3 is 2.44 bits per heavy atom. The molecule has 0 radical (unpaired) electrons. The van der Waals surface area contributed by atoms with Crippen LogP contribution in [-0.2, 0) is 9.53 Å². The third kappa shape index (κ3) is 12.1. The van der Waals surface area contributed by atoms with Gasteiger partial charge >= 0.3 is 5.97 Å². The molecule has 0 aromatic heterocycles. The van der Waals surface area contributed by atoms with Crippen molar-refractivity contribution >= 4 is 25.8 Å². The minimum absolute atomic E-state index is 0.157. The van der Waals surface area contributed by atoms with E-state index in [1.54, 1.807) is 6.08 Å². The van der Waals surface area contributed by atoms with E-state index >= 15 is 0 Å². The Morgan fingerprint density at radius 2 is 2.00 bits per heavy atom. The molecule has 0 aromatic rings. The molecular weight excluding hydrogens is 239 g/mol.